The lowest BCUT2D eigenvalue weighted by Gasteiger charge is -2.14. The van der Waals surface area contributed by atoms with E-state index >= 15 is 0 Å². The molecule has 15 heavy (non-hydrogen) atoms. The zero-order chi connectivity index (χ0) is 10.7. The van der Waals surface area contributed by atoms with E-state index in [9.17, 15) is 0 Å². The van der Waals surface area contributed by atoms with E-state index in [1.54, 1.807) is 14.2 Å². The van der Waals surface area contributed by atoms with Gasteiger partial charge in [-0.3, -0.25) is 5.32 Å². The summed E-state index contributed by atoms with van der Waals surface area (Å²) >= 11 is 0. The second-order valence-corrected chi connectivity index (χ2v) is 3.36. The van der Waals surface area contributed by atoms with Crippen LogP contribution in [0, 0.1) is 0 Å². The molecule has 0 saturated carbocycles. The number of rotatable bonds is 3. The van der Waals surface area contributed by atoms with Crippen molar-refractivity contribution in [3.63, 3.8) is 0 Å². The molecule has 1 aromatic carbocycles. The van der Waals surface area contributed by atoms with Crippen LogP contribution < -0.4 is 14.8 Å². The van der Waals surface area contributed by atoms with Crippen molar-refractivity contribution in [2.45, 2.75) is 6.10 Å². The summed E-state index contributed by atoms with van der Waals surface area (Å²) in [5.74, 6) is 1.60. The van der Waals surface area contributed by atoms with Gasteiger partial charge >= 0.3 is 0 Å². The van der Waals surface area contributed by atoms with E-state index in [0.717, 1.165) is 23.6 Å². The van der Waals surface area contributed by atoms with Gasteiger partial charge in [0.15, 0.2) is 0 Å². The van der Waals surface area contributed by atoms with Gasteiger partial charge in [-0.15, -0.1) is 0 Å². The Morgan fingerprint density at radius 2 is 2.20 bits per heavy atom. The van der Waals surface area contributed by atoms with Crippen LogP contribution in [0.2, 0.25) is 0 Å². The normalized spacial score (nSPS) is 20.3. The molecule has 4 nitrogen and oxygen atoms in total. The Hall–Kier alpha value is -1.26. The molecule has 1 N–H and O–H groups in total. The zero-order valence-electron chi connectivity index (χ0n) is 8.95. The second-order valence-electron chi connectivity index (χ2n) is 3.36. The largest absolute Gasteiger partial charge is 0.497 e. The lowest BCUT2D eigenvalue weighted by Crippen LogP contribution is -2.08. The van der Waals surface area contributed by atoms with Crippen molar-refractivity contribution in [3.8, 4) is 11.5 Å². The molecule has 0 radical (unpaired) electrons. The summed E-state index contributed by atoms with van der Waals surface area (Å²) in [6.07, 6.45) is 0.0749. The molecule has 1 unspecified atom stereocenters. The van der Waals surface area contributed by atoms with E-state index in [4.69, 9.17) is 14.2 Å². The van der Waals surface area contributed by atoms with Crippen molar-refractivity contribution in [2.75, 3.05) is 27.5 Å². The van der Waals surface area contributed by atoms with Crippen LogP contribution in [-0.2, 0) is 4.74 Å². The molecule has 1 aliphatic heterocycles. The Balaban J connectivity index is 2.29. The number of ether oxygens (including phenoxy) is 3. The van der Waals surface area contributed by atoms with Crippen molar-refractivity contribution < 1.29 is 14.2 Å². The molecular formula is C11H15NO3. The summed E-state index contributed by atoms with van der Waals surface area (Å²) < 4.78 is 16.0. The first-order valence-electron chi connectivity index (χ1n) is 4.89. The van der Waals surface area contributed by atoms with Gasteiger partial charge in [0.1, 0.15) is 17.6 Å². The van der Waals surface area contributed by atoms with Gasteiger partial charge in [0, 0.05) is 18.2 Å². The van der Waals surface area contributed by atoms with Crippen molar-refractivity contribution in [1.82, 2.24) is 5.32 Å². The molecule has 1 saturated heterocycles. The fourth-order valence-corrected chi connectivity index (χ4v) is 1.69. The number of methoxy groups -OCH3 is 2. The highest BCUT2D eigenvalue weighted by atomic mass is 16.5. The first-order valence-corrected chi connectivity index (χ1v) is 4.89. The summed E-state index contributed by atoms with van der Waals surface area (Å²) in [5, 5.41) is 3.14. The lowest BCUT2D eigenvalue weighted by molar-refractivity contribution is 0.112. The molecule has 4 heteroatoms. The predicted octanol–water partition coefficient (Wildman–Crippen LogP) is 1.32. The van der Waals surface area contributed by atoms with Gasteiger partial charge in [-0.25, -0.2) is 0 Å². The van der Waals surface area contributed by atoms with Gasteiger partial charge in [0.2, 0.25) is 0 Å². The van der Waals surface area contributed by atoms with E-state index in [1.165, 1.54) is 0 Å². The minimum atomic E-state index is 0.0749. The Morgan fingerprint density at radius 1 is 1.33 bits per heavy atom. The van der Waals surface area contributed by atoms with Crippen molar-refractivity contribution in [2.24, 2.45) is 0 Å². The second kappa shape index (κ2) is 4.51. The molecule has 82 valence electrons. The summed E-state index contributed by atoms with van der Waals surface area (Å²) in [5.41, 5.74) is 1.06. The lowest BCUT2D eigenvalue weighted by atomic mass is 10.1. The Morgan fingerprint density at radius 3 is 2.80 bits per heavy atom. The summed E-state index contributed by atoms with van der Waals surface area (Å²) in [7, 11) is 3.29. The predicted molar refractivity (Wildman–Crippen MR) is 56.2 cm³/mol. The maximum absolute atomic E-state index is 5.52. The van der Waals surface area contributed by atoms with Gasteiger partial charge in [0.25, 0.3) is 0 Å². The number of hydrogen-bond donors (Lipinski definition) is 1. The average molecular weight is 209 g/mol. The third-order valence-electron chi connectivity index (χ3n) is 2.50. The molecule has 1 fully saturated rings. The van der Waals surface area contributed by atoms with Crippen LogP contribution in [0.5, 0.6) is 11.5 Å². The Bertz CT molecular complexity index is 335. The maximum Gasteiger partial charge on any atom is 0.128 e. The Labute approximate surface area is 89.1 Å². The number of benzene rings is 1. The molecule has 0 amide bonds. The summed E-state index contributed by atoms with van der Waals surface area (Å²) in [6.45, 7) is 1.42. The standard InChI is InChI=1S/C11H15NO3/c1-13-8-3-4-9(10(5-8)14-2)11-6-12-7-15-11/h3-5,11-12H,6-7H2,1-2H3. The molecule has 0 aromatic heterocycles. The van der Waals surface area contributed by atoms with Gasteiger partial charge < -0.3 is 14.2 Å². The molecular weight excluding hydrogens is 194 g/mol. The third-order valence-corrected chi connectivity index (χ3v) is 2.50. The van der Waals surface area contributed by atoms with Gasteiger partial charge in [-0.05, 0) is 12.1 Å². The van der Waals surface area contributed by atoms with E-state index < -0.39 is 0 Å². The molecule has 1 aliphatic rings. The zero-order valence-corrected chi connectivity index (χ0v) is 8.95. The molecule has 1 heterocycles. The average Bonchev–Trinajstić information content (AvgIpc) is 2.81. The Kier molecular flexibility index (Phi) is 3.08. The maximum atomic E-state index is 5.52. The summed E-state index contributed by atoms with van der Waals surface area (Å²) in [4.78, 5) is 0. The number of hydrogen-bond acceptors (Lipinski definition) is 4. The van der Waals surface area contributed by atoms with E-state index in [0.29, 0.717) is 6.73 Å². The highest BCUT2D eigenvalue weighted by molar-refractivity contribution is 5.42. The molecule has 1 aromatic rings. The van der Waals surface area contributed by atoms with E-state index in [-0.39, 0.29) is 6.10 Å². The van der Waals surface area contributed by atoms with E-state index in [1.807, 2.05) is 18.2 Å². The van der Waals surface area contributed by atoms with Gasteiger partial charge in [0.05, 0.1) is 21.0 Å². The smallest absolute Gasteiger partial charge is 0.128 e. The first-order chi connectivity index (χ1) is 7.35. The minimum absolute atomic E-state index is 0.0749. The SMILES string of the molecule is COc1ccc(C2CNCO2)c(OC)c1. The first kappa shape index (κ1) is 10.3. The van der Waals surface area contributed by atoms with E-state index in [2.05, 4.69) is 5.32 Å². The molecule has 1 atom stereocenters. The van der Waals surface area contributed by atoms with Crippen LogP contribution in [-0.4, -0.2) is 27.5 Å². The molecule has 2 rings (SSSR count). The molecule has 0 aliphatic carbocycles. The highest BCUT2D eigenvalue weighted by Crippen LogP contribution is 2.32. The van der Waals surface area contributed by atoms with Crippen molar-refractivity contribution in [3.05, 3.63) is 23.8 Å². The topological polar surface area (TPSA) is 39.7 Å². The van der Waals surface area contributed by atoms with Crippen LogP contribution in [0.3, 0.4) is 0 Å². The van der Waals surface area contributed by atoms with Crippen LogP contribution in [0.25, 0.3) is 0 Å². The van der Waals surface area contributed by atoms with Crippen LogP contribution in [0.15, 0.2) is 18.2 Å². The van der Waals surface area contributed by atoms with Gasteiger partial charge in [-0.2, -0.15) is 0 Å². The van der Waals surface area contributed by atoms with Crippen LogP contribution in [0.4, 0.5) is 0 Å². The minimum Gasteiger partial charge on any atom is -0.497 e. The van der Waals surface area contributed by atoms with Crippen molar-refractivity contribution in [1.29, 1.82) is 0 Å². The fourth-order valence-electron chi connectivity index (χ4n) is 1.69. The van der Waals surface area contributed by atoms with Gasteiger partial charge in [-0.1, -0.05) is 0 Å². The fraction of sp³-hybridized carbons (Fsp3) is 0.455. The number of nitrogens with one attached hydrogen (secondary N) is 1. The van der Waals surface area contributed by atoms with Crippen LogP contribution in [0.1, 0.15) is 11.7 Å². The highest BCUT2D eigenvalue weighted by Gasteiger charge is 2.21. The molecule has 0 bridgehead atoms. The summed E-state index contributed by atoms with van der Waals surface area (Å²) in [6, 6.07) is 5.77. The van der Waals surface area contributed by atoms with Crippen molar-refractivity contribution >= 4 is 0 Å². The quantitative estimate of drug-likeness (QED) is 0.815. The third kappa shape index (κ3) is 2.06. The molecule has 0 spiro atoms. The van der Waals surface area contributed by atoms with Crippen LogP contribution >= 0.6 is 0 Å². The monoisotopic (exact) mass is 209 g/mol.